The molecule has 0 radical (unpaired) electrons. The largest absolute Gasteiger partial charge is 0.476 e. The van der Waals surface area contributed by atoms with Crippen LogP contribution in [0, 0.1) is 5.92 Å². The summed E-state index contributed by atoms with van der Waals surface area (Å²) in [6, 6.07) is 0.554. The van der Waals surface area contributed by atoms with Crippen molar-refractivity contribution in [2.45, 2.75) is 33.2 Å². The molecule has 7 heteroatoms. The smallest absolute Gasteiger partial charge is 0.356 e. The van der Waals surface area contributed by atoms with E-state index in [1.165, 1.54) is 6.92 Å². The van der Waals surface area contributed by atoms with Crippen LogP contribution in [0.25, 0.3) is 0 Å². The number of carboxylic acids is 1. The Morgan fingerprint density at radius 1 is 1.52 bits per heavy atom. The summed E-state index contributed by atoms with van der Waals surface area (Å²) in [6.45, 7) is 8.64. The van der Waals surface area contributed by atoms with E-state index in [-0.39, 0.29) is 16.4 Å². The molecule has 0 spiro atoms. The first-order valence-electron chi connectivity index (χ1n) is 7.11. The number of hydrogen-bond acceptors (Lipinski definition) is 6. The van der Waals surface area contributed by atoms with Crippen LogP contribution in [0.4, 0.5) is 5.13 Å². The number of likely N-dealkylation sites (tertiary alicyclic amines) is 1. The lowest BCUT2D eigenvalue weighted by atomic mass is 10.1. The number of nitrogens with one attached hydrogen (secondary N) is 1. The van der Waals surface area contributed by atoms with Crippen molar-refractivity contribution in [3.05, 3.63) is 10.6 Å². The summed E-state index contributed by atoms with van der Waals surface area (Å²) in [5.74, 6) is -0.883. The molecule has 1 unspecified atom stereocenters. The van der Waals surface area contributed by atoms with E-state index in [1.54, 1.807) is 0 Å². The first-order chi connectivity index (χ1) is 9.88. The van der Waals surface area contributed by atoms with Gasteiger partial charge in [-0.15, -0.1) is 0 Å². The molecule has 1 fully saturated rings. The predicted molar refractivity (Wildman–Crippen MR) is 82.4 cm³/mol. The maximum Gasteiger partial charge on any atom is 0.356 e. The van der Waals surface area contributed by atoms with Crippen LogP contribution < -0.4 is 5.32 Å². The highest BCUT2D eigenvalue weighted by atomic mass is 32.1. The van der Waals surface area contributed by atoms with Crippen LogP contribution in [0.1, 0.15) is 47.4 Å². The van der Waals surface area contributed by atoms with Gasteiger partial charge in [-0.05, 0) is 32.7 Å². The van der Waals surface area contributed by atoms with E-state index in [2.05, 4.69) is 29.0 Å². The minimum Gasteiger partial charge on any atom is -0.476 e. The van der Waals surface area contributed by atoms with Crippen molar-refractivity contribution in [3.8, 4) is 0 Å². The van der Waals surface area contributed by atoms with Gasteiger partial charge in [0.1, 0.15) is 4.88 Å². The number of carbonyl (C=O) groups is 2. The van der Waals surface area contributed by atoms with Gasteiger partial charge in [0.05, 0.1) is 0 Å². The van der Waals surface area contributed by atoms with E-state index in [4.69, 9.17) is 5.11 Å². The first-order valence-corrected chi connectivity index (χ1v) is 7.93. The molecule has 116 valence electrons. The highest BCUT2D eigenvalue weighted by Crippen LogP contribution is 2.25. The van der Waals surface area contributed by atoms with Gasteiger partial charge in [0.25, 0.3) is 0 Å². The zero-order chi connectivity index (χ0) is 15.6. The second-order valence-corrected chi connectivity index (χ2v) is 6.68. The minimum atomic E-state index is -1.16. The van der Waals surface area contributed by atoms with Crippen molar-refractivity contribution in [3.63, 3.8) is 0 Å². The molecular formula is C14H21N3O3S. The quantitative estimate of drug-likeness (QED) is 0.784. The van der Waals surface area contributed by atoms with Crippen LogP contribution in [-0.2, 0) is 0 Å². The number of rotatable bonds is 6. The standard InChI is InChI=1S/C14H21N3O3S/c1-8(2)17-5-4-10(7-17)6-15-14-16-11(13(19)20)12(21-14)9(3)18/h8,10H,4-7H2,1-3H3,(H,15,16)(H,19,20). The molecule has 0 aliphatic carbocycles. The number of Topliss-reactive ketones (excluding diaryl/α,β-unsaturated/α-hetero) is 1. The molecule has 0 aromatic carbocycles. The first kappa shape index (κ1) is 15.9. The third-order valence-electron chi connectivity index (χ3n) is 3.74. The Morgan fingerprint density at radius 2 is 2.24 bits per heavy atom. The number of aromatic carboxylic acids is 1. The SMILES string of the molecule is CC(=O)c1sc(NCC2CCN(C(C)C)C2)nc1C(=O)O. The molecule has 6 nitrogen and oxygen atoms in total. The molecule has 0 saturated carbocycles. The Labute approximate surface area is 128 Å². The number of hydrogen-bond donors (Lipinski definition) is 2. The predicted octanol–water partition coefficient (Wildman–Crippen LogP) is 2.19. The third kappa shape index (κ3) is 3.79. The fourth-order valence-corrected chi connectivity index (χ4v) is 3.37. The van der Waals surface area contributed by atoms with Crippen LogP contribution in [-0.4, -0.2) is 52.4 Å². The molecule has 2 rings (SSSR count). The Hall–Kier alpha value is -1.47. The van der Waals surface area contributed by atoms with Crippen LogP contribution >= 0.6 is 11.3 Å². The molecule has 0 bridgehead atoms. The highest BCUT2D eigenvalue weighted by molar-refractivity contribution is 7.17. The number of ketones is 1. The molecule has 2 N–H and O–H groups in total. The van der Waals surface area contributed by atoms with Gasteiger partial charge in [0.2, 0.25) is 0 Å². The van der Waals surface area contributed by atoms with E-state index in [9.17, 15) is 9.59 Å². The minimum absolute atomic E-state index is 0.148. The molecule has 1 aliphatic heterocycles. The fourth-order valence-electron chi connectivity index (χ4n) is 2.51. The third-order valence-corrected chi connectivity index (χ3v) is 4.85. The highest BCUT2D eigenvalue weighted by Gasteiger charge is 2.25. The van der Waals surface area contributed by atoms with Gasteiger partial charge in [-0.3, -0.25) is 4.79 Å². The Balaban J connectivity index is 1.97. The zero-order valence-corrected chi connectivity index (χ0v) is 13.4. The zero-order valence-electron chi connectivity index (χ0n) is 12.5. The van der Waals surface area contributed by atoms with E-state index >= 15 is 0 Å². The van der Waals surface area contributed by atoms with Crippen LogP contribution in [0.3, 0.4) is 0 Å². The summed E-state index contributed by atoms with van der Waals surface area (Å²) in [5.41, 5.74) is -0.148. The second kappa shape index (κ2) is 6.53. The van der Waals surface area contributed by atoms with E-state index in [0.717, 1.165) is 37.4 Å². The summed E-state index contributed by atoms with van der Waals surface area (Å²) >= 11 is 1.12. The number of carboxylic acid groups (broad SMARTS) is 1. The Morgan fingerprint density at radius 3 is 2.71 bits per heavy atom. The number of nitrogens with zero attached hydrogens (tertiary/aromatic N) is 2. The topological polar surface area (TPSA) is 82.5 Å². The maximum atomic E-state index is 11.4. The molecule has 21 heavy (non-hydrogen) atoms. The van der Waals surface area contributed by atoms with Gasteiger partial charge in [-0.25, -0.2) is 9.78 Å². The lowest BCUT2D eigenvalue weighted by Crippen LogP contribution is -2.29. The summed E-state index contributed by atoms with van der Waals surface area (Å²) < 4.78 is 0. The number of thiazole rings is 1. The monoisotopic (exact) mass is 311 g/mol. The molecule has 1 saturated heterocycles. The van der Waals surface area contributed by atoms with Gasteiger partial charge in [0.15, 0.2) is 16.6 Å². The normalized spacial score (nSPS) is 19.1. The van der Waals surface area contributed by atoms with Crippen LogP contribution in [0.5, 0.6) is 0 Å². The Bertz CT molecular complexity index is 510. The van der Waals surface area contributed by atoms with E-state index in [0.29, 0.717) is 17.1 Å². The van der Waals surface area contributed by atoms with Gasteiger partial charge in [-0.1, -0.05) is 11.3 Å². The summed E-state index contributed by atoms with van der Waals surface area (Å²) in [7, 11) is 0. The van der Waals surface area contributed by atoms with Gasteiger partial charge >= 0.3 is 5.97 Å². The molecule has 1 atom stereocenters. The van der Waals surface area contributed by atoms with Crippen molar-refractivity contribution in [2.24, 2.45) is 5.92 Å². The molecule has 1 aliphatic rings. The maximum absolute atomic E-state index is 11.4. The van der Waals surface area contributed by atoms with Crippen molar-refractivity contribution in [2.75, 3.05) is 25.0 Å². The lowest BCUT2D eigenvalue weighted by Gasteiger charge is -2.20. The average Bonchev–Trinajstić information content (AvgIpc) is 3.03. The van der Waals surface area contributed by atoms with Crippen molar-refractivity contribution < 1.29 is 14.7 Å². The fraction of sp³-hybridized carbons (Fsp3) is 0.643. The van der Waals surface area contributed by atoms with Gasteiger partial charge in [0, 0.05) is 26.1 Å². The van der Waals surface area contributed by atoms with Crippen molar-refractivity contribution in [1.29, 1.82) is 0 Å². The van der Waals surface area contributed by atoms with Crippen LogP contribution in [0.2, 0.25) is 0 Å². The summed E-state index contributed by atoms with van der Waals surface area (Å²) in [6.07, 6.45) is 1.13. The number of carbonyl (C=O) groups excluding carboxylic acids is 1. The van der Waals surface area contributed by atoms with E-state index < -0.39 is 5.97 Å². The molecule has 1 aromatic heterocycles. The van der Waals surface area contributed by atoms with E-state index in [1.807, 2.05) is 0 Å². The van der Waals surface area contributed by atoms with Crippen molar-refractivity contribution >= 4 is 28.2 Å². The summed E-state index contributed by atoms with van der Waals surface area (Å²) in [4.78, 5) is 29.2. The second-order valence-electron chi connectivity index (χ2n) is 5.68. The van der Waals surface area contributed by atoms with Gasteiger partial charge in [-0.2, -0.15) is 0 Å². The number of aromatic nitrogens is 1. The molecular weight excluding hydrogens is 290 g/mol. The molecule has 2 heterocycles. The molecule has 0 amide bonds. The van der Waals surface area contributed by atoms with Crippen molar-refractivity contribution in [1.82, 2.24) is 9.88 Å². The van der Waals surface area contributed by atoms with Crippen LogP contribution in [0.15, 0.2) is 0 Å². The molecule has 1 aromatic rings. The number of anilines is 1. The average molecular weight is 311 g/mol. The Kier molecular flexibility index (Phi) is 4.95. The van der Waals surface area contributed by atoms with Gasteiger partial charge < -0.3 is 15.3 Å². The summed E-state index contributed by atoms with van der Waals surface area (Å²) in [5, 5.41) is 12.8. The lowest BCUT2D eigenvalue weighted by molar-refractivity contribution is 0.0687.